The lowest BCUT2D eigenvalue weighted by atomic mass is 10.3. The molecule has 22 heavy (non-hydrogen) atoms. The molecule has 0 unspecified atom stereocenters. The maximum absolute atomic E-state index is 12.6. The van der Waals surface area contributed by atoms with Crippen molar-refractivity contribution in [3.8, 4) is 0 Å². The van der Waals surface area contributed by atoms with Crippen LogP contribution in [-0.4, -0.2) is 16.1 Å². The van der Waals surface area contributed by atoms with E-state index in [1.54, 1.807) is 5.10 Å². The number of hydrogen-bond donors (Lipinski definition) is 3. The van der Waals surface area contributed by atoms with Crippen molar-refractivity contribution in [3.05, 3.63) is 40.3 Å². The van der Waals surface area contributed by atoms with Gasteiger partial charge < -0.3 is 5.32 Å². The first-order chi connectivity index (χ1) is 10.3. The molecule has 0 aliphatic rings. The molecule has 1 amide bonds. The zero-order chi connectivity index (χ0) is 16.3. The number of nitrogens with one attached hydrogen (secondary N) is 3. The van der Waals surface area contributed by atoms with E-state index in [4.69, 9.17) is 0 Å². The Hall–Kier alpha value is -2.91. The van der Waals surface area contributed by atoms with Crippen LogP contribution in [0, 0.1) is 0 Å². The van der Waals surface area contributed by atoms with Crippen molar-refractivity contribution in [2.75, 3.05) is 5.32 Å². The van der Waals surface area contributed by atoms with Gasteiger partial charge in [-0.15, -0.1) is 5.11 Å². The van der Waals surface area contributed by atoms with E-state index in [2.05, 4.69) is 15.5 Å². The summed E-state index contributed by atoms with van der Waals surface area (Å²) in [5.74, 6) is -0.261. The van der Waals surface area contributed by atoms with Gasteiger partial charge >= 0.3 is 6.18 Å². The summed E-state index contributed by atoms with van der Waals surface area (Å²) >= 11 is 0. The fraction of sp³-hybridized carbons (Fsp3) is 0.167. The minimum atomic E-state index is -4.75. The number of rotatable bonds is 3. The molecule has 2 aromatic rings. The minimum absolute atomic E-state index is 0.225. The van der Waals surface area contributed by atoms with Crippen LogP contribution in [0.15, 0.2) is 39.3 Å². The third-order valence-electron chi connectivity index (χ3n) is 2.49. The van der Waals surface area contributed by atoms with Gasteiger partial charge in [0.2, 0.25) is 5.91 Å². The Balaban J connectivity index is 2.24. The zero-order valence-corrected chi connectivity index (χ0v) is 11.2. The second-order valence-electron chi connectivity index (χ2n) is 4.23. The molecule has 1 aromatic carbocycles. The Morgan fingerprint density at radius 3 is 2.32 bits per heavy atom. The number of benzene rings is 1. The molecular formula is C12H10F3N5O2. The van der Waals surface area contributed by atoms with Gasteiger partial charge in [0.1, 0.15) is 0 Å². The predicted molar refractivity (Wildman–Crippen MR) is 71.3 cm³/mol. The summed E-state index contributed by atoms with van der Waals surface area (Å²) in [6.07, 6.45) is -4.75. The maximum Gasteiger partial charge on any atom is 0.435 e. The molecule has 1 heterocycles. The molecule has 2 rings (SSSR count). The second-order valence-corrected chi connectivity index (χ2v) is 4.23. The van der Waals surface area contributed by atoms with E-state index >= 15 is 0 Å². The monoisotopic (exact) mass is 313 g/mol. The normalized spacial score (nSPS) is 11.8. The van der Waals surface area contributed by atoms with Crippen LogP contribution in [0.3, 0.4) is 0 Å². The van der Waals surface area contributed by atoms with E-state index < -0.39 is 23.1 Å². The quantitative estimate of drug-likeness (QED) is 0.758. The second kappa shape index (κ2) is 5.84. The van der Waals surface area contributed by atoms with Crippen molar-refractivity contribution in [2.24, 2.45) is 10.2 Å². The van der Waals surface area contributed by atoms with Gasteiger partial charge in [0.25, 0.3) is 5.56 Å². The number of azo groups is 1. The van der Waals surface area contributed by atoms with E-state index in [1.807, 2.05) is 5.10 Å². The number of H-pyrrole nitrogens is 2. The fourth-order valence-corrected chi connectivity index (χ4v) is 1.57. The summed E-state index contributed by atoms with van der Waals surface area (Å²) in [5, 5.41) is 13.0. The molecule has 0 saturated carbocycles. The van der Waals surface area contributed by atoms with Gasteiger partial charge in [-0.25, -0.2) is 0 Å². The lowest BCUT2D eigenvalue weighted by Crippen LogP contribution is -2.06. The summed E-state index contributed by atoms with van der Waals surface area (Å²) in [7, 11) is 0. The number of carbonyl (C=O) groups excluding carboxylic acids is 1. The van der Waals surface area contributed by atoms with Crippen LogP contribution in [0.2, 0.25) is 0 Å². The highest BCUT2D eigenvalue weighted by Gasteiger charge is 2.37. The van der Waals surface area contributed by atoms with Crippen LogP contribution in [-0.2, 0) is 11.0 Å². The van der Waals surface area contributed by atoms with Crippen molar-refractivity contribution < 1.29 is 18.0 Å². The number of carbonyl (C=O) groups is 1. The Morgan fingerprint density at radius 2 is 1.77 bits per heavy atom. The number of hydrogen-bond acceptors (Lipinski definition) is 4. The van der Waals surface area contributed by atoms with Gasteiger partial charge in [0, 0.05) is 12.6 Å². The Kier molecular flexibility index (Phi) is 4.11. The maximum atomic E-state index is 12.6. The van der Waals surface area contributed by atoms with Crippen molar-refractivity contribution in [1.29, 1.82) is 0 Å². The van der Waals surface area contributed by atoms with Crippen molar-refractivity contribution >= 4 is 23.0 Å². The van der Waals surface area contributed by atoms with Crippen molar-refractivity contribution in [3.63, 3.8) is 0 Å². The average molecular weight is 313 g/mol. The first-order valence-electron chi connectivity index (χ1n) is 5.94. The summed E-state index contributed by atoms with van der Waals surface area (Å²) < 4.78 is 37.9. The number of amides is 1. The number of halogens is 3. The molecule has 0 atom stereocenters. The number of aromatic nitrogens is 2. The van der Waals surface area contributed by atoms with Crippen LogP contribution in [0.4, 0.5) is 30.2 Å². The Bertz CT molecular complexity index is 758. The topological polar surface area (TPSA) is 102 Å². The van der Waals surface area contributed by atoms with E-state index in [9.17, 15) is 22.8 Å². The van der Waals surface area contributed by atoms with Crippen LogP contribution >= 0.6 is 0 Å². The third-order valence-corrected chi connectivity index (χ3v) is 2.49. The van der Waals surface area contributed by atoms with E-state index in [1.165, 1.54) is 31.2 Å². The number of alkyl halides is 3. The van der Waals surface area contributed by atoms with Gasteiger partial charge in [-0.05, 0) is 24.3 Å². The fourth-order valence-electron chi connectivity index (χ4n) is 1.57. The summed E-state index contributed by atoms with van der Waals surface area (Å²) in [4.78, 5) is 22.1. The molecule has 0 fully saturated rings. The number of anilines is 1. The molecule has 116 valence electrons. The molecule has 10 heteroatoms. The SMILES string of the molecule is CC(=O)Nc1ccc(N=Nc2c(C(F)(F)F)[nH][nH]c2=O)cc1. The van der Waals surface area contributed by atoms with Gasteiger partial charge in [-0.1, -0.05) is 0 Å². The van der Waals surface area contributed by atoms with Crippen LogP contribution in [0.5, 0.6) is 0 Å². The largest absolute Gasteiger partial charge is 0.435 e. The lowest BCUT2D eigenvalue weighted by Gasteiger charge is -2.02. The molecule has 3 N–H and O–H groups in total. The summed E-state index contributed by atoms with van der Waals surface area (Å²) in [6, 6.07) is 5.87. The molecule has 0 radical (unpaired) electrons. The molecule has 0 bridgehead atoms. The zero-order valence-electron chi connectivity index (χ0n) is 11.2. The molecular weight excluding hydrogens is 303 g/mol. The molecule has 7 nitrogen and oxygen atoms in total. The summed E-state index contributed by atoms with van der Waals surface area (Å²) in [5.41, 5.74) is -2.44. The highest BCUT2D eigenvalue weighted by atomic mass is 19.4. The van der Waals surface area contributed by atoms with E-state index in [0.717, 1.165) is 0 Å². The highest BCUT2D eigenvalue weighted by Crippen LogP contribution is 2.33. The van der Waals surface area contributed by atoms with Crippen LogP contribution in [0.25, 0.3) is 0 Å². The third kappa shape index (κ3) is 3.59. The Morgan fingerprint density at radius 1 is 1.14 bits per heavy atom. The van der Waals surface area contributed by atoms with E-state index in [-0.39, 0.29) is 11.6 Å². The lowest BCUT2D eigenvalue weighted by molar-refractivity contribution is -0.140. The van der Waals surface area contributed by atoms with Gasteiger partial charge in [0.15, 0.2) is 11.4 Å². The van der Waals surface area contributed by atoms with Gasteiger partial charge in [-0.2, -0.15) is 18.3 Å². The van der Waals surface area contributed by atoms with E-state index in [0.29, 0.717) is 5.69 Å². The standard InChI is InChI=1S/C12H10F3N5O2/c1-6(21)16-7-2-4-8(5-3-7)17-18-9-10(12(13,14)15)19-20-11(9)22/h2-5H,1H3,(H,16,21)(H2,19,20,22). The Labute approximate surface area is 121 Å². The molecule has 0 spiro atoms. The predicted octanol–water partition coefficient (Wildman–Crippen LogP) is 3.10. The first kappa shape index (κ1) is 15.5. The smallest absolute Gasteiger partial charge is 0.326 e. The molecule has 1 aromatic heterocycles. The number of nitrogens with zero attached hydrogens (tertiary/aromatic N) is 2. The minimum Gasteiger partial charge on any atom is -0.326 e. The van der Waals surface area contributed by atoms with Crippen molar-refractivity contribution in [1.82, 2.24) is 10.2 Å². The first-order valence-corrected chi connectivity index (χ1v) is 5.94. The molecule has 0 aliphatic heterocycles. The van der Waals surface area contributed by atoms with Crippen molar-refractivity contribution in [2.45, 2.75) is 13.1 Å². The molecule has 0 aliphatic carbocycles. The van der Waals surface area contributed by atoms with Gasteiger partial charge in [0.05, 0.1) is 5.69 Å². The van der Waals surface area contributed by atoms with Gasteiger partial charge in [-0.3, -0.25) is 19.8 Å². The average Bonchev–Trinajstić information content (AvgIpc) is 2.78. The highest BCUT2D eigenvalue weighted by molar-refractivity contribution is 5.88. The molecule has 0 saturated heterocycles. The van der Waals surface area contributed by atoms with Crippen LogP contribution < -0.4 is 10.9 Å². The summed E-state index contributed by atoms with van der Waals surface area (Å²) in [6.45, 7) is 1.34. The van der Waals surface area contributed by atoms with Crippen LogP contribution in [0.1, 0.15) is 12.6 Å². The number of aromatic amines is 2.